The molecule has 0 aromatic heterocycles. The first-order valence-corrected chi connectivity index (χ1v) is 17.7. The van der Waals surface area contributed by atoms with Gasteiger partial charge in [0.15, 0.2) is 0 Å². The Balaban J connectivity index is 3.07. The van der Waals surface area contributed by atoms with Crippen molar-refractivity contribution in [1.82, 2.24) is 0 Å². The van der Waals surface area contributed by atoms with Gasteiger partial charge in [0.25, 0.3) is 0 Å². The van der Waals surface area contributed by atoms with Crippen molar-refractivity contribution in [3.8, 4) is 0 Å². The van der Waals surface area contributed by atoms with Gasteiger partial charge >= 0.3 is 0 Å². The lowest BCUT2D eigenvalue weighted by Gasteiger charge is -2.56. The molecule has 0 aromatic rings. The first kappa shape index (κ1) is 37.8. The van der Waals surface area contributed by atoms with Crippen molar-refractivity contribution in [3.05, 3.63) is 0 Å². The van der Waals surface area contributed by atoms with Gasteiger partial charge in [-0.1, -0.05) is 128 Å². The summed E-state index contributed by atoms with van der Waals surface area (Å²) >= 11 is 0. The molecule has 1 rings (SSSR count). The lowest BCUT2D eigenvalue weighted by atomic mass is 9.49. The van der Waals surface area contributed by atoms with E-state index >= 15 is 0 Å². The smallest absolute Gasteiger partial charge is 0.0436 e. The summed E-state index contributed by atoms with van der Waals surface area (Å²) in [5, 5.41) is 51.4. The van der Waals surface area contributed by atoms with Crippen molar-refractivity contribution in [2.75, 3.05) is 33.0 Å². The summed E-state index contributed by atoms with van der Waals surface area (Å²) in [6, 6.07) is 0. The summed E-state index contributed by atoms with van der Waals surface area (Å²) < 4.78 is 0. The van der Waals surface area contributed by atoms with Crippen LogP contribution in [-0.2, 0) is 0 Å². The van der Waals surface area contributed by atoms with Crippen LogP contribution in [0.25, 0.3) is 0 Å². The Morgan fingerprint density at radius 3 is 1.02 bits per heavy atom. The average Bonchev–Trinajstić information content (AvgIpc) is 2.94. The van der Waals surface area contributed by atoms with Gasteiger partial charge in [-0.05, 0) is 61.7 Å². The maximum atomic E-state index is 10.3. The Morgan fingerprint density at radius 2 is 0.700 bits per heavy atom. The predicted octanol–water partition coefficient (Wildman–Crippen LogP) is 8.08. The fourth-order valence-electron chi connectivity index (χ4n) is 8.33. The Hall–Kier alpha value is -0.200. The van der Waals surface area contributed by atoms with E-state index in [2.05, 4.69) is 0 Å². The Morgan fingerprint density at radius 1 is 0.375 bits per heavy atom. The quantitative estimate of drug-likeness (QED) is 0.183. The van der Waals surface area contributed by atoms with Crippen LogP contribution in [0.3, 0.4) is 0 Å². The lowest BCUT2D eigenvalue weighted by Crippen LogP contribution is -2.50. The molecule has 0 saturated heterocycles. The fourth-order valence-corrected chi connectivity index (χ4v) is 8.33. The van der Waals surface area contributed by atoms with Crippen LogP contribution in [0.1, 0.15) is 173 Å². The maximum Gasteiger partial charge on any atom is 0.0436 e. The molecule has 1 aliphatic rings. The van der Waals surface area contributed by atoms with Crippen LogP contribution in [-0.4, -0.2) is 58.6 Å². The van der Waals surface area contributed by atoms with Gasteiger partial charge < -0.3 is 25.5 Å². The van der Waals surface area contributed by atoms with E-state index in [1.165, 1.54) is 109 Å². The molecule has 0 heterocycles. The molecule has 240 valence electrons. The molecule has 1 atom stereocenters. The second-order valence-corrected chi connectivity index (χ2v) is 13.1. The summed E-state index contributed by atoms with van der Waals surface area (Å²) in [6.45, 7) is 0.244. The molecule has 0 aromatic carbocycles. The number of rotatable bonds is 10. The number of aliphatic hydroxyl groups is 5. The Bertz CT molecular complexity index is 528. The van der Waals surface area contributed by atoms with Gasteiger partial charge in [0.2, 0.25) is 0 Å². The van der Waals surface area contributed by atoms with Crippen molar-refractivity contribution >= 4 is 0 Å². The van der Waals surface area contributed by atoms with Gasteiger partial charge in [0, 0.05) is 33.0 Å². The third-order valence-corrected chi connectivity index (χ3v) is 10.6. The number of aliphatic hydroxyl groups excluding tert-OH is 5. The lowest BCUT2D eigenvalue weighted by molar-refractivity contribution is -0.100. The zero-order valence-electron chi connectivity index (χ0n) is 26.4. The molecule has 1 saturated carbocycles. The monoisotopic (exact) mass is 571 g/mol. The van der Waals surface area contributed by atoms with Crippen LogP contribution in [0.2, 0.25) is 0 Å². The third kappa shape index (κ3) is 14.3. The minimum atomic E-state index is -0.406. The van der Waals surface area contributed by atoms with Gasteiger partial charge in [-0.3, -0.25) is 0 Å². The highest BCUT2D eigenvalue weighted by atomic mass is 16.3. The molecular formula is C35H70O5. The van der Waals surface area contributed by atoms with Gasteiger partial charge in [0.1, 0.15) is 0 Å². The summed E-state index contributed by atoms with van der Waals surface area (Å²) in [7, 11) is 0. The molecule has 1 fully saturated rings. The van der Waals surface area contributed by atoms with E-state index in [-0.39, 0.29) is 44.4 Å². The van der Waals surface area contributed by atoms with E-state index < -0.39 is 5.41 Å². The van der Waals surface area contributed by atoms with Crippen molar-refractivity contribution in [2.24, 2.45) is 16.7 Å². The minimum absolute atomic E-state index is 0.0283. The third-order valence-electron chi connectivity index (χ3n) is 10.6. The zero-order valence-corrected chi connectivity index (χ0v) is 26.4. The standard InChI is InChI=1S/C35H70O5/c36-28-22-33-21-19-17-15-13-11-9-7-5-3-1-2-4-6-8-10-12-14-16-18-20-23-34(24-29-37,25-30-38)35(33,26-31-39)27-32-40/h33,36-40H,1-32H2. The summed E-state index contributed by atoms with van der Waals surface area (Å²) in [5.74, 6) is 0.157. The van der Waals surface area contributed by atoms with E-state index in [1.807, 2.05) is 0 Å². The van der Waals surface area contributed by atoms with E-state index in [0.29, 0.717) is 32.1 Å². The topological polar surface area (TPSA) is 101 Å². The Kier molecular flexibility index (Phi) is 23.9. The Labute approximate surface area is 248 Å². The van der Waals surface area contributed by atoms with Crippen molar-refractivity contribution in [2.45, 2.75) is 173 Å². The van der Waals surface area contributed by atoms with Gasteiger partial charge in [0.05, 0.1) is 0 Å². The first-order chi connectivity index (χ1) is 19.7. The predicted molar refractivity (Wildman–Crippen MR) is 168 cm³/mol. The van der Waals surface area contributed by atoms with Crippen LogP contribution in [0.15, 0.2) is 0 Å². The maximum absolute atomic E-state index is 10.3. The van der Waals surface area contributed by atoms with Crippen LogP contribution < -0.4 is 0 Å². The van der Waals surface area contributed by atoms with Gasteiger partial charge in [-0.15, -0.1) is 0 Å². The highest BCUT2D eigenvalue weighted by Gasteiger charge is 2.52. The van der Waals surface area contributed by atoms with Crippen molar-refractivity contribution < 1.29 is 25.5 Å². The number of hydrogen-bond acceptors (Lipinski definition) is 5. The van der Waals surface area contributed by atoms with E-state index in [4.69, 9.17) is 0 Å². The highest BCUT2D eigenvalue weighted by molar-refractivity contribution is 5.01. The molecule has 0 spiro atoms. The van der Waals surface area contributed by atoms with Gasteiger partial charge in [-0.2, -0.15) is 0 Å². The van der Waals surface area contributed by atoms with Gasteiger partial charge in [-0.25, -0.2) is 0 Å². The molecular weight excluding hydrogens is 500 g/mol. The summed E-state index contributed by atoms with van der Waals surface area (Å²) in [4.78, 5) is 0. The average molecular weight is 571 g/mol. The largest absolute Gasteiger partial charge is 0.396 e. The van der Waals surface area contributed by atoms with Crippen molar-refractivity contribution in [3.63, 3.8) is 0 Å². The molecule has 0 amide bonds. The van der Waals surface area contributed by atoms with Crippen molar-refractivity contribution in [1.29, 1.82) is 0 Å². The van der Waals surface area contributed by atoms with Crippen LogP contribution >= 0.6 is 0 Å². The normalized spacial score (nSPS) is 24.1. The van der Waals surface area contributed by atoms with E-state index in [0.717, 1.165) is 32.1 Å². The molecule has 5 N–H and O–H groups in total. The molecule has 0 bridgehead atoms. The second-order valence-electron chi connectivity index (χ2n) is 13.1. The fraction of sp³-hybridized carbons (Fsp3) is 1.00. The minimum Gasteiger partial charge on any atom is -0.396 e. The SMILES string of the molecule is OCCC1CCCCCCCCCCCCCCCCCCCCCCC(CCO)(CCO)C1(CCO)CCO. The molecule has 1 aliphatic carbocycles. The molecule has 0 aliphatic heterocycles. The zero-order chi connectivity index (χ0) is 29.2. The van der Waals surface area contributed by atoms with E-state index in [9.17, 15) is 25.5 Å². The molecule has 5 nitrogen and oxygen atoms in total. The molecule has 0 radical (unpaired) electrons. The summed E-state index contributed by atoms with van der Waals surface area (Å²) in [5.41, 5.74) is -0.759. The van der Waals surface area contributed by atoms with Crippen LogP contribution in [0.4, 0.5) is 0 Å². The van der Waals surface area contributed by atoms with Crippen LogP contribution in [0, 0.1) is 16.7 Å². The molecule has 40 heavy (non-hydrogen) atoms. The second kappa shape index (κ2) is 25.3. The summed E-state index contributed by atoms with van der Waals surface area (Å²) in [6.07, 6.45) is 30.8. The number of hydrogen-bond donors (Lipinski definition) is 5. The highest BCUT2D eigenvalue weighted by Crippen LogP contribution is 2.59. The first-order valence-electron chi connectivity index (χ1n) is 17.7. The molecule has 1 unspecified atom stereocenters. The van der Waals surface area contributed by atoms with Crippen LogP contribution in [0.5, 0.6) is 0 Å². The van der Waals surface area contributed by atoms with E-state index in [1.54, 1.807) is 0 Å². The molecule has 5 heteroatoms.